The smallest absolute Gasteiger partial charge is 0.242 e. The van der Waals surface area contributed by atoms with E-state index < -0.39 is 9.84 Å². The van der Waals surface area contributed by atoms with E-state index in [1.165, 1.54) is 29.2 Å². The summed E-state index contributed by atoms with van der Waals surface area (Å²) in [6, 6.07) is 14.8. The van der Waals surface area contributed by atoms with Gasteiger partial charge in [0.25, 0.3) is 0 Å². The van der Waals surface area contributed by atoms with Crippen molar-refractivity contribution in [1.29, 1.82) is 5.41 Å². The number of imidazole rings is 1. The predicted octanol–water partition coefficient (Wildman–Crippen LogP) is 4.17. The molecular formula is C20H18BrN4O2S3+. The molecule has 10 heteroatoms. The van der Waals surface area contributed by atoms with Crippen LogP contribution in [0.3, 0.4) is 0 Å². The molecule has 0 aliphatic carbocycles. The lowest BCUT2D eigenvalue weighted by Crippen LogP contribution is -2.32. The van der Waals surface area contributed by atoms with Crippen LogP contribution in [0.2, 0.25) is 0 Å². The first-order valence-corrected chi connectivity index (χ1v) is 13.1. The van der Waals surface area contributed by atoms with E-state index in [2.05, 4.69) is 20.9 Å². The number of benzene rings is 2. The third-order valence-corrected chi connectivity index (χ3v) is 9.54. The molecule has 4 aromatic rings. The highest BCUT2D eigenvalue weighted by molar-refractivity contribution is 9.10. The zero-order valence-corrected chi connectivity index (χ0v) is 19.9. The molecule has 154 valence electrons. The molecule has 2 aromatic carbocycles. The number of nitrogen functional groups attached to an aromatic ring is 1. The fraction of sp³-hybridized carbons (Fsp3) is 0.100. The molecular weight excluding hydrogens is 504 g/mol. The van der Waals surface area contributed by atoms with Crippen molar-refractivity contribution in [3.63, 3.8) is 0 Å². The lowest BCUT2D eigenvalue weighted by Gasteiger charge is -2.06. The number of thiophene rings is 1. The summed E-state index contributed by atoms with van der Waals surface area (Å²) in [7, 11) is -3.78. The van der Waals surface area contributed by atoms with Gasteiger partial charge in [0.1, 0.15) is 12.4 Å². The number of rotatable bonds is 6. The van der Waals surface area contributed by atoms with Crippen LogP contribution in [0, 0.1) is 5.41 Å². The molecule has 0 bridgehead atoms. The number of aromatic amines is 1. The highest BCUT2D eigenvalue weighted by Crippen LogP contribution is 2.38. The summed E-state index contributed by atoms with van der Waals surface area (Å²) in [6.45, 7) is 0.661. The van der Waals surface area contributed by atoms with E-state index in [4.69, 9.17) is 11.1 Å². The van der Waals surface area contributed by atoms with Gasteiger partial charge in [0.05, 0.1) is 23.4 Å². The third-order valence-electron chi connectivity index (χ3n) is 4.61. The van der Waals surface area contributed by atoms with Gasteiger partial charge in [-0.15, -0.1) is 23.1 Å². The number of H-pyrrole nitrogens is 1. The third kappa shape index (κ3) is 3.80. The van der Waals surface area contributed by atoms with Crippen LogP contribution in [0.1, 0.15) is 10.4 Å². The molecule has 0 spiro atoms. The fourth-order valence-electron chi connectivity index (χ4n) is 3.19. The average Bonchev–Trinajstić information content (AvgIpc) is 3.34. The van der Waals surface area contributed by atoms with Crippen molar-refractivity contribution in [2.45, 2.75) is 20.5 Å². The van der Waals surface area contributed by atoms with Crippen molar-refractivity contribution in [3.8, 4) is 0 Å². The Kier molecular flexibility index (Phi) is 5.75. The van der Waals surface area contributed by atoms with Crippen LogP contribution in [0.25, 0.3) is 11.0 Å². The topological polar surface area (TPSA) is 104 Å². The maximum Gasteiger partial charge on any atom is 0.242 e. The molecule has 6 nitrogen and oxygen atoms in total. The Bertz CT molecular complexity index is 1360. The zero-order chi connectivity index (χ0) is 21.5. The Balaban J connectivity index is 1.80. The number of sulfone groups is 1. The number of hydrogen-bond acceptors (Lipinski definition) is 5. The zero-order valence-electron chi connectivity index (χ0n) is 15.8. The van der Waals surface area contributed by atoms with Gasteiger partial charge in [-0.05, 0) is 39.9 Å². The standard InChI is InChI=1S/C20H17BrN4O2S3/c1-28-20-17(9-16(29-20)19(22)23)30(26,27)13-7-14(21)18-15(8-13)24-11-25(18)10-12-5-3-2-4-6-12/h2-9,11H,10H2,1H3,(H3,22,23)/p+1. The van der Waals surface area contributed by atoms with Crippen LogP contribution in [-0.4, -0.2) is 25.5 Å². The molecule has 0 amide bonds. The lowest BCUT2D eigenvalue weighted by atomic mass is 10.2. The van der Waals surface area contributed by atoms with Crippen LogP contribution in [0.15, 0.2) is 73.3 Å². The lowest BCUT2D eigenvalue weighted by molar-refractivity contribution is -0.662. The summed E-state index contributed by atoms with van der Waals surface area (Å²) in [4.78, 5) is 3.98. The first-order valence-electron chi connectivity index (χ1n) is 8.82. The van der Waals surface area contributed by atoms with E-state index in [-0.39, 0.29) is 15.6 Å². The summed E-state index contributed by atoms with van der Waals surface area (Å²) in [6.07, 6.45) is 3.65. The normalized spacial score (nSPS) is 11.8. The second-order valence-electron chi connectivity index (χ2n) is 6.57. The van der Waals surface area contributed by atoms with Crippen LogP contribution < -0.4 is 10.3 Å². The monoisotopic (exact) mass is 521 g/mol. The number of nitrogens with one attached hydrogen (secondary N) is 2. The molecule has 0 unspecified atom stereocenters. The highest BCUT2D eigenvalue weighted by atomic mass is 79.9. The Hall–Kier alpha value is -2.14. The van der Waals surface area contributed by atoms with Gasteiger partial charge in [-0.2, -0.15) is 0 Å². The van der Waals surface area contributed by atoms with Gasteiger partial charge in [0, 0.05) is 6.07 Å². The van der Waals surface area contributed by atoms with E-state index >= 15 is 0 Å². The molecule has 4 N–H and O–H groups in total. The Labute approximate surface area is 190 Å². The Morgan fingerprint density at radius 2 is 2.00 bits per heavy atom. The minimum Gasteiger partial charge on any atom is -0.383 e. The van der Waals surface area contributed by atoms with Crippen molar-refractivity contribution in [2.24, 2.45) is 5.73 Å². The Morgan fingerprint density at radius 1 is 1.27 bits per heavy atom. The minimum absolute atomic E-state index is 0.139. The number of aromatic nitrogens is 2. The first kappa shape index (κ1) is 21.1. The highest BCUT2D eigenvalue weighted by Gasteiger charge is 2.27. The molecule has 0 saturated carbocycles. The molecule has 0 saturated heterocycles. The maximum atomic E-state index is 13.4. The van der Waals surface area contributed by atoms with Crippen LogP contribution >= 0.6 is 39.0 Å². The van der Waals surface area contributed by atoms with Gasteiger partial charge in [0.2, 0.25) is 16.2 Å². The van der Waals surface area contributed by atoms with E-state index in [9.17, 15) is 8.42 Å². The van der Waals surface area contributed by atoms with E-state index in [0.29, 0.717) is 25.6 Å². The quantitative estimate of drug-likeness (QED) is 0.153. The number of fused-ring (bicyclic) bond motifs is 1. The number of hydrogen-bond donors (Lipinski definition) is 3. The molecule has 0 radical (unpaired) electrons. The van der Waals surface area contributed by atoms with Crippen molar-refractivity contribution in [1.82, 2.24) is 4.98 Å². The number of thioether (sulfide) groups is 1. The van der Waals surface area contributed by atoms with Gasteiger partial charge in [-0.1, -0.05) is 30.3 Å². The molecule has 0 aliphatic rings. The number of nitrogens with zero attached hydrogens (tertiary/aromatic N) is 1. The SMILES string of the molecule is CSc1sc(C(=N)N)cc1S(=O)(=O)c1cc(Br)c2c(c1)[nH]c[n+]2Cc1ccccc1. The van der Waals surface area contributed by atoms with Gasteiger partial charge >= 0.3 is 0 Å². The van der Waals surface area contributed by atoms with Crippen LogP contribution in [0.5, 0.6) is 0 Å². The molecule has 2 aromatic heterocycles. The second kappa shape index (κ2) is 8.18. The summed E-state index contributed by atoms with van der Waals surface area (Å²) in [5.74, 6) is -0.139. The summed E-state index contributed by atoms with van der Waals surface area (Å²) >= 11 is 6.10. The largest absolute Gasteiger partial charge is 0.383 e. The minimum atomic E-state index is -3.78. The first-order chi connectivity index (χ1) is 14.3. The maximum absolute atomic E-state index is 13.4. The number of halogens is 1. The molecule has 2 heterocycles. The number of amidine groups is 1. The summed E-state index contributed by atoms with van der Waals surface area (Å²) in [5.41, 5.74) is 8.32. The summed E-state index contributed by atoms with van der Waals surface area (Å²) < 4.78 is 30.1. The molecule has 0 aliphatic heterocycles. The molecule has 0 fully saturated rings. The van der Waals surface area contributed by atoms with Crippen LogP contribution in [0.4, 0.5) is 0 Å². The van der Waals surface area contributed by atoms with Crippen LogP contribution in [-0.2, 0) is 16.4 Å². The average molecular weight is 522 g/mol. The summed E-state index contributed by atoms with van der Waals surface area (Å²) in [5, 5.41) is 7.64. The van der Waals surface area contributed by atoms with E-state index in [1.807, 2.05) is 47.5 Å². The molecule has 0 atom stereocenters. The Morgan fingerprint density at radius 3 is 2.67 bits per heavy atom. The van der Waals surface area contributed by atoms with E-state index in [0.717, 1.165) is 11.1 Å². The van der Waals surface area contributed by atoms with Crippen molar-refractivity contribution in [3.05, 3.63) is 69.8 Å². The van der Waals surface area contributed by atoms with Crippen molar-refractivity contribution in [2.75, 3.05) is 6.26 Å². The van der Waals surface area contributed by atoms with Gasteiger partial charge in [-0.25, -0.2) is 18.0 Å². The van der Waals surface area contributed by atoms with Gasteiger partial charge in [0.15, 0.2) is 11.0 Å². The second-order valence-corrected chi connectivity index (χ2v) is 11.5. The van der Waals surface area contributed by atoms with Crippen molar-refractivity contribution >= 4 is 65.7 Å². The van der Waals surface area contributed by atoms with E-state index in [1.54, 1.807) is 12.1 Å². The fourth-order valence-corrected chi connectivity index (χ4v) is 7.94. The predicted molar refractivity (Wildman–Crippen MR) is 124 cm³/mol. The number of nitrogens with two attached hydrogens (primary N) is 1. The van der Waals surface area contributed by atoms with Crippen molar-refractivity contribution < 1.29 is 13.0 Å². The molecule has 30 heavy (non-hydrogen) atoms. The van der Waals surface area contributed by atoms with Gasteiger partial charge < -0.3 is 5.73 Å². The molecule has 4 rings (SSSR count). The van der Waals surface area contributed by atoms with Gasteiger partial charge in [-0.3, -0.25) is 5.41 Å².